The maximum atomic E-state index is 12.1. The Labute approximate surface area is 163 Å². The SMILES string of the molecule is CC(=O)c1ccc(-c2ccc(-c3cc(=O)oc4cc(C)cc(C)c34)cc2)cc1. The van der Waals surface area contributed by atoms with Gasteiger partial charge in [0.25, 0.3) is 0 Å². The molecule has 0 aliphatic heterocycles. The number of aryl methyl sites for hydroxylation is 2. The molecule has 3 nitrogen and oxygen atoms in total. The summed E-state index contributed by atoms with van der Waals surface area (Å²) in [5.74, 6) is 0.0577. The van der Waals surface area contributed by atoms with Crippen LogP contribution < -0.4 is 5.63 Å². The van der Waals surface area contributed by atoms with Gasteiger partial charge >= 0.3 is 5.63 Å². The van der Waals surface area contributed by atoms with E-state index in [9.17, 15) is 9.59 Å². The summed E-state index contributed by atoms with van der Waals surface area (Å²) < 4.78 is 5.43. The van der Waals surface area contributed by atoms with E-state index in [0.717, 1.165) is 38.8 Å². The molecular formula is C25H20O3. The van der Waals surface area contributed by atoms with Crippen molar-refractivity contribution in [3.63, 3.8) is 0 Å². The van der Waals surface area contributed by atoms with Gasteiger partial charge in [0.05, 0.1) is 0 Å². The lowest BCUT2D eigenvalue weighted by atomic mass is 9.95. The number of carbonyl (C=O) groups excluding carboxylic acids is 1. The average Bonchev–Trinajstić information content (AvgIpc) is 2.67. The van der Waals surface area contributed by atoms with Crippen molar-refractivity contribution < 1.29 is 9.21 Å². The molecule has 4 aromatic rings. The highest BCUT2D eigenvalue weighted by atomic mass is 16.4. The van der Waals surface area contributed by atoms with Crippen LogP contribution in [-0.2, 0) is 0 Å². The first kappa shape index (κ1) is 17.9. The largest absolute Gasteiger partial charge is 0.423 e. The van der Waals surface area contributed by atoms with E-state index in [1.54, 1.807) is 13.0 Å². The number of carbonyl (C=O) groups is 1. The Bertz CT molecular complexity index is 1240. The minimum Gasteiger partial charge on any atom is -0.423 e. The predicted molar refractivity (Wildman–Crippen MR) is 113 cm³/mol. The maximum absolute atomic E-state index is 12.1. The lowest BCUT2D eigenvalue weighted by Crippen LogP contribution is -1.99. The van der Waals surface area contributed by atoms with Gasteiger partial charge in [-0.05, 0) is 54.7 Å². The van der Waals surface area contributed by atoms with Gasteiger partial charge < -0.3 is 4.42 Å². The highest BCUT2D eigenvalue weighted by molar-refractivity contribution is 5.96. The second-order valence-electron chi connectivity index (χ2n) is 7.14. The van der Waals surface area contributed by atoms with E-state index in [1.165, 1.54) is 0 Å². The van der Waals surface area contributed by atoms with Crippen molar-refractivity contribution in [1.82, 2.24) is 0 Å². The summed E-state index contributed by atoms with van der Waals surface area (Å²) in [7, 11) is 0. The van der Waals surface area contributed by atoms with Gasteiger partial charge in [-0.3, -0.25) is 4.79 Å². The molecule has 4 rings (SSSR count). The zero-order chi connectivity index (χ0) is 19.8. The van der Waals surface area contributed by atoms with Crippen molar-refractivity contribution in [3.05, 3.63) is 93.8 Å². The number of Topliss-reactive ketones (excluding diaryl/α,β-unsaturated/α-hetero) is 1. The van der Waals surface area contributed by atoms with E-state index in [4.69, 9.17) is 4.42 Å². The number of rotatable bonds is 3. The predicted octanol–water partition coefficient (Wildman–Crippen LogP) is 5.95. The number of fused-ring (bicyclic) bond motifs is 1. The molecule has 0 bridgehead atoms. The van der Waals surface area contributed by atoms with Crippen molar-refractivity contribution in [1.29, 1.82) is 0 Å². The second-order valence-corrected chi connectivity index (χ2v) is 7.14. The van der Waals surface area contributed by atoms with E-state index in [2.05, 4.69) is 6.07 Å². The van der Waals surface area contributed by atoms with Gasteiger partial charge in [-0.15, -0.1) is 0 Å². The molecule has 3 aromatic carbocycles. The Morgan fingerprint density at radius 1 is 0.786 bits per heavy atom. The van der Waals surface area contributed by atoms with Gasteiger partial charge in [0.1, 0.15) is 5.58 Å². The molecule has 138 valence electrons. The summed E-state index contributed by atoms with van der Waals surface area (Å²) in [6.45, 7) is 5.59. The molecule has 0 atom stereocenters. The Morgan fingerprint density at radius 3 is 1.96 bits per heavy atom. The first-order valence-corrected chi connectivity index (χ1v) is 9.19. The number of hydrogen-bond acceptors (Lipinski definition) is 3. The first-order valence-electron chi connectivity index (χ1n) is 9.19. The van der Waals surface area contributed by atoms with Gasteiger partial charge in [0.15, 0.2) is 5.78 Å². The molecule has 0 amide bonds. The van der Waals surface area contributed by atoms with E-state index >= 15 is 0 Å². The summed E-state index contributed by atoms with van der Waals surface area (Å²) in [6.07, 6.45) is 0. The fraction of sp³-hybridized carbons (Fsp3) is 0.120. The normalized spacial score (nSPS) is 11.0. The molecule has 0 spiro atoms. The van der Waals surface area contributed by atoms with Gasteiger partial charge in [0.2, 0.25) is 0 Å². The topological polar surface area (TPSA) is 47.3 Å². The lowest BCUT2D eigenvalue weighted by molar-refractivity contribution is 0.101. The second kappa shape index (κ2) is 6.93. The minimum atomic E-state index is -0.351. The molecule has 28 heavy (non-hydrogen) atoms. The van der Waals surface area contributed by atoms with Crippen molar-refractivity contribution in [2.45, 2.75) is 20.8 Å². The van der Waals surface area contributed by atoms with Crippen molar-refractivity contribution in [2.24, 2.45) is 0 Å². The Balaban J connectivity index is 1.79. The summed E-state index contributed by atoms with van der Waals surface area (Å²) in [4.78, 5) is 23.5. The van der Waals surface area contributed by atoms with Gasteiger partial charge in [-0.25, -0.2) is 4.79 Å². The molecule has 3 heteroatoms. The fourth-order valence-electron chi connectivity index (χ4n) is 3.65. The lowest BCUT2D eigenvalue weighted by Gasteiger charge is -2.10. The smallest absolute Gasteiger partial charge is 0.336 e. The third-order valence-corrected chi connectivity index (χ3v) is 5.01. The molecule has 0 saturated carbocycles. The molecule has 0 fully saturated rings. The van der Waals surface area contributed by atoms with Crippen LogP contribution in [0.15, 0.2) is 75.9 Å². The maximum Gasteiger partial charge on any atom is 0.336 e. The van der Waals surface area contributed by atoms with Crippen LogP contribution in [0.1, 0.15) is 28.4 Å². The molecular weight excluding hydrogens is 348 g/mol. The zero-order valence-electron chi connectivity index (χ0n) is 16.1. The Hall–Kier alpha value is -3.46. The molecule has 0 saturated heterocycles. The summed E-state index contributed by atoms with van der Waals surface area (Å²) in [6, 6.07) is 21.2. The summed E-state index contributed by atoms with van der Waals surface area (Å²) in [5.41, 5.74) is 7.05. The molecule has 0 N–H and O–H groups in total. The third-order valence-electron chi connectivity index (χ3n) is 5.01. The molecule has 0 unspecified atom stereocenters. The van der Waals surface area contributed by atoms with Gasteiger partial charge in [-0.1, -0.05) is 54.6 Å². The standard InChI is InChI=1S/C25H20O3/c1-15-12-16(2)25-22(14-24(27)28-23(25)13-15)21-10-8-20(9-11-21)19-6-4-18(5-7-19)17(3)26/h4-14H,1-3H3. The Morgan fingerprint density at radius 2 is 1.36 bits per heavy atom. The van der Waals surface area contributed by atoms with Crippen LogP contribution in [0.2, 0.25) is 0 Å². The zero-order valence-corrected chi connectivity index (χ0v) is 16.1. The number of hydrogen-bond donors (Lipinski definition) is 0. The van der Waals surface area contributed by atoms with Crippen LogP contribution in [0.5, 0.6) is 0 Å². The van der Waals surface area contributed by atoms with E-state index in [-0.39, 0.29) is 11.4 Å². The Kier molecular flexibility index (Phi) is 4.44. The quantitative estimate of drug-likeness (QED) is 0.332. The van der Waals surface area contributed by atoms with Crippen molar-refractivity contribution >= 4 is 16.8 Å². The van der Waals surface area contributed by atoms with Crippen LogP contribution in [0.3, 0.4) is 0 Å². The van der Waals surface area contributed by atoms with E-state index in [0.29, 0.717) is 11.1 Å². The van der Waals surface area contributed by atoms with Crippen LogP contribution in [0, 0.1) is 13.8 Å². The highest BCUT2D eigenvalue weighted by Gasteiger charge is 2.11. The number of benzene rings is 3. The molecule has 0 aliphatic rings. The monoisotopic (exact) mass is 368 g/mol. The molecule has 1 aromatic heterocycles. The van der Waals surface area contributed by atoms with E-state index < -0.39 is 0 Å². The minimum absolute atomic E-state index is 0.0577. The van der Waals surface area contributed by atoms with Crippen LogP contribution in [0.4, 0.5) is 0 Å². The summed E-state index contributed by atoms with van der Waals surface area (Å²) in [5, 5.41) is 0.962. The third kappa shape index (κ3) is 3.27. The fourth-order valence-corrected chi connectivity index (χ4v) is 3.65. The van der Waals surface area contributed by atoms with Crippen LogP contribution in [0.25, 0.3) is 33.2 Å². The van der Waals surface area contributed by atoms with E-state index in [1.807, 2.05) is 68.4 Å². The summed E-state index contributed by atoms with van der Waals surface area (Å²) >= 11 is 0. The highest BCUT2D eigenvalue weighted by Crippen LogP contribution is 2.32. The van der Waals surface area contributed by atoms with Crippen molar-refractivity contribution in [2.75, 3.05) is 0 Å². The molecule has 0 aliphatic carbocycles. The first-order chi connectivity index (χ1) is 13.4. The van der Waals surface area contributed by atoms with Crippen molar-refractivity contribution in [3.8, 4) is 22.3 Å². The van der Waals surface area contributed by atoms with Crippen LogP contribution in [-0.4, -0.2) is 5.78 Å². The average molecular weight is 368 g/mol. The molecule has 0 radical (unpaired) electrons. The molecule has 1 heterocycles. The van der Waals surface area contributed by atoms with Crippen LogP contribution >= 0.6 is 0 Å². The van der Waals surface area contributed by atoms with Gasteiger partial charge in [-0.2, -0.15) is 0 Å². The van der Waals surface area contributed by atoms with Gasteiger partial charge in [0, 0.05) is 22.6 Å². The number of ketones is 1.